The molecule has 1 saturated carbocycles. The van der Waals surface area contributed by atoms with Crippen molar-refractivity contribution < 1.29 is 37.7 Å². The van der Waals surface area contributed by atoms with Crippen LogP contribution in [0.3, 0.4) is 0 Å². The van der Waals surface area contributed by atoms with E-state index in [1.165, 1.54) is 61.9 Å². The maximum atomic E-state index is 12.6. The van der Waals surface area contributed by atoms with Gasteiger partial charge in [0.2, 0.25) is 0 Å². The van der Waals surface area contributed by atoms with Crippen LogP contribution in [0, 0.1) is 0 Å². The highest BCUT2D eigenvalue weighted by molar-refractivity contribution is 5.94. The minimum absolute atomic E-state index is 0.0371. The Labute approximate surface area is 255 Å². The van der Waals surface area contributed by atoms with Crippen molar-refractivity contribution in [1.29, 1.82) is 0 Å². The van der Waals surface area contributed by atoms with Gasteiger partial charge in [-0.3, -0.25) is 9.59 Å². The number of hydrogen-bond donors (Lipinski definition) is 4. The van der Waals surface area contributed by atoms with Gasteiger partial charge in [0.05, 0.1) is 6.42 Å². The van der Waals surface area contributed by atoms with Crippen LogP contribution in [-0.4, -0.2) is 42.1 Å². The second kappa shape index (κ2) is 16.4. The number of aliphatic hydroxyl groups is 1. The number of amides is 1. The molecule has 0 aliphatic heterocycles. The third kappa shape index (κ3) is 10.6. The van der Waals surface area contributed by atoms with Crippen LogP contribution < -0.4 is 20.3 Å². The minimum atomic E-state index is -4.77. The third-order valence-corrected chi connectivity index (χ3v) is 7.16. The average molecular weight is 614 g/mol. The number of carboxylic acid groups (broad SMARTS) is 1. The largest absolute Gasteiger partial charge is 0.573 e. The van der Waals surface area contributed by atoms with Crippen LogP contribution in [0.1, 0.15) is 65.9 Å². The van der Waals surface area contributed by atoms with Crippen LogP contribution in [0.2, 0.25) is 0 Å². The Balaban J connectivity index is 0.00000259. The number of carboxylic acids is 1. The van der Waals surface area contributed by atoms with Crippen LogP contribution in [0.5, 0.6) is 5.75 Å². The molecule has 3 aromatic carbocycles. The fourth-order valence-electron chi connectivity index (χ4n) is 5.01. The maximum absolute atomic E-state index is 12.6. The topological polar surface area (TPSA) is 111 Å². The quantitative estimate of drug-likeness (QED) is 0.174. The van der Waals surface area contributed by atoms with Gasteiger partial charge >= 0.3 is 12.3 Å². The molecule has 8 nitrogen and oxygen atoms in total. The molecule has 0 heterocycles. The van der Waals surface area contributed by atoms with Gasteiger partial charge in [0.15, 0.2) is 0 Å². The highest BCUT2D eigenvalue weighted by Gasteiger charge is 2.31. The highest BCUT2D eigenvalue weighted by Crippen LogP contribution is 2.34. The molecule has 0 atom stereocenters. The summed E-state index contributed by atoms with van der Waals surface area (Å²) >= 11 is 0. The van der Waals surface area contributed by atoms with Gasteiger partial charge in [0.25, 0.3) is 5.91 Å². The summed E-state index contributed by atoms with van der Waals surface area (Å²) in [6, 6.07) is 20.7. The van der Waals surface area contributed by atoms with E-state index in [0.29, 0.717) is 29.5 Å². The van der Waals surface area contributed by atoms with E-state index in [2.05, 4.69) is 34.1 Å². The molecule has 3 aromatic rings. The Morgan fingerprint density at radius 2 is 1.55 bits per heavy atom. The van der Waals surface area contributed by atoms with E-state index in [0.717, 1.165) is 18.4 Å². The van der Waals surface area contributed by atoms with Crippen LogP contribution >= 0.6 is 0 Å². The molecule has 0 spiro atoms. The highest BCUT2D eigenvalue weighted by atomic mass is 19.4. The lowest BCUT2D eigenvalue weighted by molar-refractivity contribution is -0.274. The fraction of sp³-hybridized carbons (Fsp3) is 0.333. The predicted molar refractivity (Wildman–Crippen MR) is 164 cm³/mol. The molecule has 1 fully saturated rings. The summed E-state index contributed by atoms with van der Waals surface area (Å²) in [6.07, 6.45) is 1.18. The van der Waals surface area contributed by atoms with Crippen molar-refractivity contribution in [1.82, 2.24) is 5.32 Å². The van der Waals surface area contributed by atoms with Crippen LogP contribution in [-0.2, 0) is 11.3 Å². The molecule has 1 aliphatic carbocycles. The van der Waals surface area contributed by atoms with E-state index < -0.39 is 12.3 Å². The number of ether oxygens (including phenoxy) is 1. The summed E-state index contributed by atoms with van der Waals surface area (Å²) in [7, 11) is 1.00. The molecule has 236 valence electrons. The molecule has 11 heteroatoms. The number of nitrogens with one attached hydrogen (secondary N) is 2. The normalized spacial score (nSPS) is 13.2. The predicted octanol–water partition coefficient (Wildman–Crippen LogP) is 7.04. The Morgan fingerprint density at radius 1 is 0.932 bits per heavy atom. The molecule has 0 bridgehead atoms. The zero-order chi connectivity index (χ0) is 32.1. The van der Waals surface area contributed by atoms with Gasteiger partial charge in [0, 0.05) is 37.1 Å². The molecule has 4 rings (SSSR count). The number of carbonyl (C=O) groups excluding carboxylic acids is 1. The summed E-state index contributed by atoms with van der Waals surface area (Å²) < 4.78 is 41.6. The monoisotopic (exact) mass is 613 g/mol. The molecular formula is C33H38F3N3O5. The Hall–Kier alpha value is -4.51. The number of nitrogens with zero attached hydrogens (tertiary/aromatic N) is 1. The molecule has 0 aromatic heterocycles. The zero-order valence-corrected chi connectivity index (χ0v) is 24.6. The summed E-state index contributed by atoms with van der Waals surface area (Å²) in [5, 5.41) is 21.5. The lowest BCUT2D eigenvalue weighted by Crippen LogP contribution is -2.27. The van der Waals surface area contributed by atoms with E-state index >= 15 is 0 Å². The standard InChI is InChI=1S/C32H34F3N3O4.CH4O/c1-22(37-27-13-17-29(18-14-27)42-32(33,34)35)38(28-15-11-25(12-16-28)24-5-3-2-4-6-24)21-23-7-9-26(10-8-23)31(41)36-20-19-30(39)40;1-2/h7-18,24,37H,1-6,19-21H2,(H,36,41)(H,39,40);2H,1H3. The first kappa shape index (κ1) is 34.0. The van der Waals surface area contributed by atoms with Gasteiger partial charge in [-0.25, -0.2) is 0 Å². The second-order valence-electron chi connectivity index (χ2n) is 10.3. The van der Waals surface area contributed by atoms with Gasteiger partial charge < -0.3 is 30.5 Å². The Morgan fingerprint density at radius 3 is 2.11 bits per heavy atom. The number of hydrogen-bond acceptors (Lipinski definition) is 6. The van der Waals surface area contributed by atoms with Crippen molar-refractivity contribution in [3.8, 4) is 5.75 Å². The van der Waals surface area contributed by atoms with E-state index in [9.17, 15) is 22.8 Å². The maximum Gasteiger partial charge on any atom is 0.573 e. The van der Waals surface area contributed by atoms with E-state index in [1.807, 2.05) is 29.2 Å². The van der Waals surface area contributed by atoms with Gasteiger partial charge in [-0.05, 0) is 78.4 Å². The average Bonchev–Trinajstić information content (AvgIpc) is 3.01. The molecular weight excluding hydrogens is 575 g/mol. The molecule has 1 amide bonds. The number of anilines is 2. The van der Waals surface area contributed by atoms with Crippen molar-refractivity contribution in [2.45, 2.75) is 57.3 Å². The van der Waals surface area contributed by atoms with Gasteiger partial charge in [-0.2, -0.15) is 0 Å². The number of rotatable bonds is 12. The summed E-state index contributed by atoms with van der Waals surface area (Å²) in [4.78, 5) is 25.0. The van der Waals surface area contributed by atoms with Crippen molar-refractivity contribution >= 4 is 23.3 Å². The van der Waals surface area contributed by atoms with Crippen molar-refractivity contribution in [3.63, 3.8) is 0 Å². The fourth-order valence-corrected chi connectivity index (χ4v) is 5.01. The zero-order valence-electron chi connectivity index (χ0n) is 24.6. The summed E-state index contributed by atoms with van der Waals surface area (Å²) in [5.41, 5.74) is 4.00. The number of aliphatic hydroxyl groups excluding tert-OH is 1. The van der Waals surface area contributed by atoms with Crippen LogP contribution in [0.4, 0.5) is 24.5 Å². The smallest absolute Gasteiger partial charge is 0.481 e. The minimum Gasteiger partial charge on any atom is -0.481 e. The molecule has 0 unspecified atom stereocenters. The lowest BCUT2D eigenvalue weighted by atomic mass is 9.84. The Kier molecular flexibility index (Phi) is 12.6. The van der Waals surface area contributed by atoms with E-state index in [1.54, 1.807) is 12.1 Å². The third-order valence-electron chi connectivity index (χ3n) is 7.16. The Bertz CT molecular complexity index is 1360. The number of alkyl halides is 3. The number of halogens is 3. The number of benzene rings is 3. The van der Waals surface area contributed by atoms with Crippen molar-refractivity contribution in [2.75, 3.05) is 23.9 Å². The molecule has 1 aliphatic rings. The SMILES string of the molecule is C=C(Nc1ccc(OC(F)(F)F)cc1)N(Cc1ccc(C(=O)NCCC(=O)O)cc1)c1ccc(C2CCCCC2)cc1.CO. The molecule has 0 saturated heterocycles. The van der Waals surface area contributed by atoms with Gasteiger partial charge in [-0.15, -0.1) is 13.2 Å². The first-order valence-corrected chi connectivity index (χ1v) is 14.3. The second-order valence-corrected chi connectivity index (χ2v) is 10.3. The van der Waals surface area contributed by atoms with Crippen molar-refractivity contribution in [2.24, 2.45) is 0 Å². The van der Waals surface area contributed by atoms with Gasteiger partial charge in [0.1, 0.15) is 11.6 Å². The van der Waals surface area contributed by atoms with Gasteiger partial charge in [-0.1, -0.05) is 50.1 Å². The first-order chi connectivity index (χ1) is 21.1. The molecule has 44 heavy (non-hydrogen) atoms. The first-order valence-electron chi connectivity index (χ1n) is 14.3. The molecule has 0 radical (unpaired) electrons. The van der Waals surface area contributed by atoms with E-state index in [-0.39, 0.29) is 24.6 Å². The van der Waals surface area contributed by atoms with Crippen LogP contribution in [0.25, 0.3) is 0 Å². The number of aliphatic carboxylic acids is 1. The lowest BCUT2D eigenvalue weighted by Gasteiger charge is -2.29. The van der Waals surface area contributed by atoms with Crippen molar-refractivity contribution in [3.05, 3.63) is 102 Å². The molecule has 4 N–H and O–H groups in total. The number of carbonyl (C=O) groups is 2. The summed E-state index contributed by atoms with van der Waals surface area (Å²) in [5.74, 6) is -0.616. The summed E-state index contributed by atoms with van der Waals surface area (Å²) in [6.45, 7) is 4.63. The van der Waals surface area contributed by atoms with Crippen LogP contribution in [0.15, 0.2) is 85.2 Å². The van der Waals surface area contributed by atoms with E-state index in [4.69, 9.17) is 10.2 Å².